The van der Waals surface area contributed by atoms with Crippen molar-refractivity contribution >= 4 is 16.6 Å². The maximum atomic E-state index is 9.39. The van der Waals surface area contributed by atoms with Crippen LogP contribution in [0.5, 0.6) is 0 Å². The molecule has 3 heterocycles. The number of hydrogen-bond donors (Lipinski definition) is 1. The van der Waals surface area contributed by atoms with Crippen molar-refractivity contribution < 1.29 is 5.11 Å². The fourth-order valence-electron chi connectivity index (χ4n) is 2.62. The molecule has 5 heteroatoms. The Morgan fingerprint density at radius 1 is 1.41 bits per heavy atom. The van der Waals surface area contributed by atoms with Crippen LogP contribution in [-0.4, -0.2) is 39.1 Å². The summed E-state index contributed by atoms with van der Waals surface area (Å²) in [6.07, 6.45) is 7.75. The van der Waals surface area contributed by atoms with E-state index in [1.165, 1.54) is 0 Å². The summed E-state index contributed by atoms with van der Waals surface area (Å²) in [7, 11) is 1.92. The second-order valence-corrected chi connectivity index (χ2v) is 4.53. The lowest BCUT2D eigenvalue weighted by Crippen LogP contribution is -2.32. The summed E-state index contributed by atoms with van der Waals surface area (Å²) in [6.45, 7) is 1.19. The molecule has 1 fully saturated rings. The first-order valence-electron chi connectivity index (χ1n) is 5.94. The van der Waals surface area contributed by atoms with E-state index in [0.29, 0.717) is 0 Å². The largest absolute Gasteiger partial charge is 0.394 e. The zero-order valence-corrected chi connectivity index (χ0v) is 9.87. The van der Waals surface area contributed by atoms with Gasteiger partial charge < -0.3 is 10.0 Å². The molecule has 90 valence electrons. The number of nitrogens with zero attached hydrogens (tertiary/aromatic N) is 4. The number of aliphatic hydroxyl groups excluding tert-OH is 1. The van der Waals surface area contributed by atoms with Crippen LogP contribution >= 0.6 is 0 Å². The summed E-state index contributed by atoms with van der Waals surface area (Å²) < 4.78 is 1.83. The second kappa shape index (κ2) is 4.00. The number of hydrogen-bond acceptors (Lipinski definition) is 4. The third kappa shape index (κ3) is 1.58. The second-order valence-electron chi connectivity index (χ2n) is 4.53. The first kappa shape index (κ1) is 10.5. The van der Waals surface area contributed by atoms with Crippen molar-refractivity contribution in [2.24, 2.45) is 7.05 Å². The molecule has 0 radical (unpaired) electrons. The van der Waals surface area contributed by atoms with Gasteiger partial charge in [0, 0.05) is 19.0 Å². The average Bonchev–Trinajstić information content (AvgIpc) is 2.96. The van der Waals surface area contributed by atoms with Crippen LogP contribution in [-0.2, 0) is 7.05 Å². The van der Waals surface area contributed by atoms with Gasteiger partial charge in [0.25, 0.3) is 0 Å². The number of aromatic nitrogens is 3. The Labute approximate surface area is 99.7 Å². The van der Waals surface area contributed by atoms with Gasteiger partial charge in [-0.05, 0) is 12.8 Å². The first-order chi connectivity index (χ1) is 8.31. The van der Waals surface area contributed by atoms with Crippen LogP contribution in [0.15, 0.2) is 18.6 Å². The van der Waals surface area contributed by atoms with Crippen molar-refractivity contribution in [1.82, 2.24) is 14.8 Å². The summed E-state index contributed by atoms with van der Waals surface area (Å²) in [4.78, 5) is 6.52. The van der Waals surface area contributed by atoms with Gasteiger partial charge in [0.1, 0.15) is 0 Å². The SMILES string of the molecule is Cn1ncc2c(N3CCCC3CO)cncc21. The number of aryl methyl sites for hydroxylation is 1. The number of anilines is 1. The van der Waals surface area contributed by atoms with Crippen molar-refractivity contribution in [3.63, 3.8) is 0 Å². The number of pyridine rings is 1. The lowest BCUT2D eigenvalue weighted by atomic mass is 10.2. The van der Waals surface area contributed by atoms with Gasteiger partial charge in [-0.1, -0.05) is 0 Å². The molecule has 0 saturated carbocycles. The Kier molecular flexibility index (Phi) is 2.48. The Balaban J connectivity index is 2.10. The molecule has 1 saturated heterocycles. The van der Waals surface area contributed by atoms with E-state index in [4.69, 9.17) is 0 Å². The highest BCUT2D eigenvalue weighted by atomic mass is 16.3. The van der Waals surface area contributed by atoms with Crippen molar-refractivity contribution in [2.75, 3.05) is 18.1 Å². The molecule has 2 aromatic rings. The molecule has 0 bridgehead atoms. The van der Waals surface area contributed by atoms with Crippen LogP contribution in [0.4, 0.5) is 5.69 Å². The summed E-state index contributed by atoms with van der Waals surface area (Å²) in [5.74, 6) is 0. The maximum absolute atomic E-state index is 9.39. The van der Waals surface area contributed by atoms with E-state index in [1.807, 2.05) is 30.3 Å². The molecule has 5 nitrogen and oxygen atoms in total. The fraction of sp³-hybridized carbons (Fsp3) is 0.500. The van der Waals surface area contributed by atoms with Crippen LogP contribution in [0.25, 0.3) is 10.9 Å². The Morgan fingerprint density at radius 2 is 2.29 bits per heavy atom. The molecule has 0 aliphatic carbocycles. The van der Waals surface area contributed by atoms with E-state index in [9.17, 15) is 5.11 Å². The van der Waals surface area contributed by atoms with E-state index in [0.717, 1.165) is 36.0 Å². The molecular formula is C12H16N4O. The van der Waals surface area contributed by atoms with Crippen LogP contribution in [0.2, 0.25) is 0 Å². The van der Waals surface area contributed by atoms with Crippen LogP contribution in [0.3, 0.4) is 0 Å². The minimum absolute atomic E-state index is 0.205. The topological polar surface area (TPSA) is 54.2 Å². The molecule has 1 atom stereocenters. The van der Waals surface area contributed by atoms with Gasteiger partial charge in [-0.2, -0.15) is 5.10 Å². The highest BCUT2D eigenvalue weighted by molar-refractivity contribution is 5.91. The average molecular weight is 232 g/mol. The van der Waals surface area contributed by atoms with E-state index < -0.39 is 0 Å². The quantitative estimate of drug-likeness (QED) is 0.837. The Bertz CT molecular complexity index is 536. The normalized spacial score (nSPS) is 20.4. The molecule has 1 N–H and O–H groups in total. The van der Waals surface area contributed by atoms with E-state index in [1.54, 1.807) is 0 Å². The standard InChI is InChI=1S/C12H16N4O/c1-15-11-6-13-7-12(10(11)5-14-15)16-4-2-3-9(16)8-17/h5-7,9,17H,2-4,8H2,1H3. The van der Waals surface area contributed by atoms with E-state index >= 15 is 0 Å². The fourth-order valence-corrected chi connectivity index (χ4v) is 2.62. The smallest absolute Gasteiger partial charge is 0.0883 e. The third-order valence-corrected chi connectivity index (χ3v) is 3.55. The molecule has 3 rings (SSSR count). The van der Waals surface area contributed by atoms with Crippen molar-refractivity contribution in [1.29, 1.82) is 0 Å². The highest BCUT2D eigenvalue weighted by Crippen LogP contribution is 2.30. The predicted octanol–water partition coefficient (Wildman–Crippen LogP) is 0.929. The van der Waals surface area contributed by atoms with Crippen molar-refractivity contribution in [3.8, 4) is 0 Å². The lowest BCUT2D eigenvalue weighted by molar-refractivity contribution is 0.266. The van der Waals surface area contributed by atoms with E-state index in [-0.39, 0.29) is 12.6 Å². The molecule has 1 aliphatic rings. The van der Waals surface area contributed by atoms with Gasteiger partial charge in [-0.3, -0.25) is 9.67 Å². The molecule has 0 amide bonds. The Hall–Kier alpha value is -1.62. The zero-order valence-electron chi connectivity index (χ0n) is 9.87. The summed E-state index contributed by atoms with van der Waals surface area (Å²) >= 11 is 0. The van der Waals surface area contributed by atoms with E-state index in [2.05, 4.69) is 15.0 Å². The van der Waals surface area contributed by atoms with Crippen LogP contribution in [0, 0.1) is 0 Å². The van der Waals surface area contributed by atoms with Crippen molar-refractivity contribution in [2.45, 2.75) is 18.9 Å². The molecule has 0 aromatic carbocycles. The molecule has 1 aliphatic heterocycles. The van der Waals surface area contributed by atoms with Crippen LogP contribution in [0.1, 0.15) is 12.8 Å². The molecular weight excluding hydrogens is 216 g/mol. The monoisotopic (exact) mass is 232 g/mol. The molecule has 2 aromatic heterocycles. The molecule has 0 spiro atoms. The third-order valence-electron chi connectivity index (χ3n) is 3.55. The summed E-state index contributed by atoms with van der Waals surface area (Å²) in [6, 6.07) is 0.225. The van der Waals surface area contributed by atoms with Gasteiger partial charge >= 0.3 is 0 Å². The maximum Gasteiger partial charge on any atom is 0.0883 e. The zero-order chi connectivity index (χ0) is 11.8. The summed E-state index contributed by atoms with van der Waals surface area (Å²) in [5.41, 5.74) is 2.12. The minimum atomic E-state index is 0.205. The molecule has 17 heavy (non-hydrogen) atoms. The van der Waals surface area contributed by atoms with Gasteiger partial charge in [0.15, 0.2) is 0 Å². The highest BCUT2D eigenvalue weighted by Gasteiger charge is 2.25. The van der Waals surface area contributed by atoms with Gasteiger partial charge in [-0.15, -0.1) is 0 Å². The number of fused-ring (bicyclic) bond motifs is 1. The Morgan fingerprint density at radius 3 is 3.12 bits per heavy atom. The number of rotatable bonds is 2. The summed E-state index contributed by atoms with van der Waals surface area (Å²) in [5, 5.41) is 14.8. The van der Waals surface area contributed by atoms with Crippen molar-refractivity contribution in [3.05, 3.63) is 18.6 Å². The lowest BCUT2D eigenvalue weighted by Gasteiger charge is -2.25. The van der Waals surface area contributed by atoms with Gasteiger partial charge in [-0.25, -0.2) is 0 Å². The van der Waals surface area contributed by atoms with Crippen LogP contribution < -0.4 is 4.90 Å². The minimum Gasteiger partial charge on any atom is -0.394 e. The van der Waals surface area contributed by atoms with Gasteiger partial charge in [0.2, 0.25) is 0 Å². The predicted molar refractivity (Wildman–Crippen MR) is 66.0 cm³/mol. The number of aliphatic hydroxyl groups is 1. The molecule has 1 unspecified atom stereocenters. The van der Waals surface area contributed by atoms with Gasteiger partial charge in [0.05, 0.1) is 42.4 Å². The first-order valence-corrected chi connectivity index (χ1v) is 5.94.